The lowest BCUT2D eigenvalue weighted by atomic mass is 10.2. The Bertz CT molecular complexity index is 150. The van der Waals surface area contributed by atoms with Gasteiger partial charge in [-0.1, -0.05) is 0 Å². The molecular formula is C6H10N2OS. The van der Waals surface area contributed by atoms with Crippen LogP contribution in [0.4, 0.5) is 0 Å². The highest BCUT2D eigenvalue weighted by atomic mass is 32.2. The second kappa shape index (κ2) is 3.24. The molecule has 1 fully saturated rings. The third-order valence-corrected chi connectivity index (χ3v) is 2.17. The molecule has 10 heavy (non-hydrogen) atoms. The molecule has 4 heteroatoms. The van der Waals surface area contributed by atoms with E-state index in [1.165, 1.54) is 0 Å². The third kappa shape index (κ3) is 1.87. The van der Waals surface area contributed by atoms with Crippen LogP contribution in [0, 0.1) is 11.3 Å². The summed E-state index contributed by atoms with van der Waals surface area (Å²) in [5.41, 5.74) is -0.0326. The maximum atomic E-state index is 8.28. The van der Waals surface area contributed by atoms with E-state index in [4.69, 9.17) is 14.6 Å². The Morgan fingerprint density at radius 2 is 2.40 bits per heavy atom. The van der Waals surface area contributed by atoms with Crippen LogP contribution >= 0.6 is 12.2 Å². The summed E-state index contributed by atoms with van der Waals surface area (Å²) in [5, 5.41) is 13.4. The molecule has 0 aromatic rings. The van der Waals surface area contributed by atoms with Gasteiger partial charge in [0, 0.05) is 6.42 Å². The number of nitrogens with zero attached hydrogens (tertiary/aromatic N) is 1. The molecule has 3 nitrogen and oxygen atoms in total. The van der Waals surface area contributed by atoms with E-state index in [-0.39, 0.29) is 5.60 Å². The van der Waals surface area contributed by atoms with Gasteiger partial charge in [-0.3, -0.25) is 9.32 Å². The molecule has 0 bridgehead atoms. The van der Waals surface area contributed by atoms with Gasteiger partial charge in [0.2, 0.25) is 0 Å². The lowest BCUT2D eigenvalue weighted by Gasteiger charge is -2.09. The Morgan fingerprint density at radius 3 is 2.80 bits per heavy atom. The highest BCUT2D eigenvalue weighted by Crippen LogP contribution is 2.45. The number of hydrogen-bond donors (Lipinski definition) is 1. The molecule has 0 atom stereocenters. The van der Waals surface area contributed by atoms with Gasteiger partial charge in [-0.2, -0.15) is 5.26 Å². The van der Waals surface area contributed by atoms with Gasteiger partial charge >= 0.3 is 0 Å². The molecule has 0 aromatic carbocycles. The molecule has 1 saturated carbocycles. The average molecular weight is 158 g/mol. The zero-order valence-corrected chi connectivity index (χ0v) is 6.49. The fourth-order valence-corrected chi connectivity index (χ4v) is 1.35. The molecule has 0 saturated heterocycles. The van der Waals surface area contributed by atoms with Crippen LogP contribution in [0.3, 0.4) is 0 Å². The van der Waals surface area contributed by atoms with Crippen LogP contribution in [-0.4, -0.2) is 5.60 Å². The molecule has 2 N–H and O–H groups in total. The average Bonchev–Trinajstić information content (AvgIpc) is 2.67. The summed E-state index contributed by atoms with van der Waals surface area (Å²) in [5.74, 6) is 0. The van der Waals surface area contributed by atoms with E-state index < -0.39 is 0 Å². The number of rotatable bonds is 4. The molecule has 56 valence electrons. The molecule has 0 spiro atoms. The van der Waals surface area contributed by atoms with Crippen LogP contribution < -0.4 is 5.14 Å². The van der Waals surface area contributed by atoms with E-state index in [1.54, 1.807) is 0 Å². The molecule has 0 aliphatic heterocycles. The first-order valence-corrected chi connectivity index (χ1v) is 4.05. The Hall–Kier alpha value is -0.240. The van der Waals surface area contributed by atoms with Gasteiger partial charge < -0.3 is 0 Å². The minimum atomic E-state index is -0.0326. The van der Waals surface area contributed by atoms with Crippen LogP contribution in [0.2, 0.25) is 0 Å². The maximum Gasteiger partial charge on any atom is 0.0855 e. The maximum absolute atomic E-state index is 8.28. The van der Waals surface area contributed by atoms with Crippen molar-refractivity contribution in [3.8, 4) is 6.07 Å². The van der Waals surface area contributed by atoms with Crippen molar-refractivity contribution in [2.75, 3.05) is 0 Å². The van der Waals surface area contributed by atoms with Gasteiger partial charge in [0.1, 0.15) is 0 Å². The van der Waals surface area contributed by atoms with Gasteiger partial charge in [0.15, 0.2) is 0 Å². The van der Waals surface area contributed by atoms with Crippen molar-refractivity contribution >= 4 is 12.2 Å². The number of nitrogens with two attached hydrogens (primary N) is 1. The summed E-state index contributed by atoms with van der Waals surface area (Å²) in [7, 11) is 0. The van der Waals surface area contributed by atoms with E-state index in [9.17, 15) is 0 Å². The van der Waals surface area contributed by atoms with Gasteiger partial charge in [0.25, 0.3) is 0 Å². The topological polar surface area (TPSA) is 59.0 Å². The third-order valence-electron chi connectivity index (χ3n) is 1.72. The van der Waals surface area contributed by atoms with Crippen molar-refractivity contribution in [1.82, 2.24) is 0 Å². The van der Waals surface area contributed by atoms with E-state index in [0.29, 0.717) is 6.42 Å². The molecule has 1 aliphatic carbocycles. The van der Waals surface area contributed by atoms with Gasteiger partial charge in [-0.05, 0) is 19.3 Å². The second-order valence-electron chi connectivity index (χ2n) is 2.52. The molecule has 0 aromatic heterocycles. The standard InChI is InChI=1S/C6H10N2OS/c7-5-1-2-6(3-4-6)9-10-8/h1-4,8H2. The largest absolute Gasteiger partial charge is 0.295 e. The highest BCUT2D eigenvalue weighted by molar-refractivity contribution is 7.92. The summed E-state index contributed by atoms with van der Waals surface area (Å²) < 4.78 is 5.19. The normalized spacial score (nSPS) is 20.0. The molecule has 0 radical (unpaired) electrons. The van der Waals surface area contributed by atoms with Gasteiger partial charge in [-0.25, -0.2) is 0 Å². The van der Waals surface area contributed by atoms with Crippen LogP contribution in [0.5, 0.6) is 0 Å². The van der Waals surface area contributed by atoms with E-state index in [0.717, 1.165) is 31.5 Å². The van der Waals surface area contributed by atoms with E-state index in [2.05, 4.69) is 6.07 Å². The summed E-state index contributed by atoms with van der Waals surface area (Å²) >= 11 is 0.912. The van der Waals surface area contributed by atoms with E-state index in [1.807, 2.05) is 0 Å². The first-order chi connectivity index (χ1) is 4.83. The summed E-state index contributed by atoms with van der Waals surface area (Å²) in [6.07, 6.45) is 3.51. The Balaban J connectivity index is 2.18. The predicted octanol–water partition coefficient (Wildman–Crippen LogP) is 1.36. The van der Waals surface area contributed by atoms with Crippen LogP contribution in [-0.2, 0) is 4.18 Å². The minimum Gasteiger partial charge on any atom is -0.295 e. The molecule has 0 unspecified atom stereocenters. The Labute approximate surface area is 64.9 Å². The van der Waals surface area contributed by atoms with Crippen molar-refractivity contribution < 1.29 is 4.18 Å². The molecule has 1 aliphatic rings. The highest BCUT2D eigenvalue weighted by Gasteiger charge is 2.43. The number of nitriles is 1. The minimum absolute atomic E-state index is 0.0326. The van der Waals surface area contributed by atoms with Crippen molar-refractivity contribution in [3.63, 3.8) is 0 Å². The quantitative estimate of drug-likeness (QED) is 0.495. The smallest absolute Gasteiger partial charge is 0.0855 e. The van der Waals surface area contributed by atoms with Crippen molar-refractivity contribution in [2.24, 2.45) is 5.14 Å². The summed E-state index contributed by atoms with van der Waals surface area (Å²) in [6, 6.07) is 2.09. The zero-order chi connectivity index (χ0) is 7.45. The zero-order valence-electron chi connectivity index (χ0n) is 5.67. The van der Waals surface area contributed by atoms with Crippen LogP contribution in [0.15, 0.2) is 0 Å². The lowest BCUT2D eigenvalue weighted by molar-refractivity contribution is 0.207. The van der Waals surface area contributed by atoms with Crippen LogP contribution in [0.1, 0.15) is 25.7 Å². The number of hydrogen-bond acceptors (Lipinski definition) is 4. The lowest BCUT2D eigenvalue weighted by Crippen LogP contribution is -2.10. The Kier molecular flexibility index (Phi) is 2.55. The molecular weight excluding hydrogens is 148 g/mol. The van der Waals surface area contributed by atoms with E-state index >= 15 is 0 Å². The van der Waals surface area contributed by atoms with Gasteiger partial charge in [0.05, 0.1) is 23.9 Å². The van der Waals surface area contributed by atoms with Crippen molar-refractivity contribution in [3.05, 3.63) is 0 Å². The summed E-state index contributed by atoms with van der Waals surface area (Å²) in [4.78, 5) is 0. The predicted molar refractivity (Wildman–Crippen MR) is 39.7 cm³/mol. The molecule has 0 amide bonds. The van der Waals surface area contributed by atoms with Crippen LogP contribution in [0.25, 0.3) is 0 Å². The van der Waals surface area contributed by atoms with Crippen molar-refractivity contribution in [1.29, 1.82) is 5.26 Å². The molecule has 1 rings (SSSR count). The second-order valence-corrected chi connectivity index (χ2v) is 2.88. The summed E-state index contributed by atoms with van der Waals surface area (Å²) in [6.45, 7) is 0. The van der Waals surface area contributed by atoms with Gasteiger partial charge in [-0.15, -0.1) is 0 Å². The fourth-order valence-electron chi connectivity index (χ4n) is 0.900. The first-order valence-electron chi connectivity index (χ1n) is 3.24. The molecule has 0 heterocycles. The monoisotopic (exact) mass is 158 g/mol. The SMILES string of the molecule is N#CCCC1(OSN)CC1. The first kappa shape index (κ1) is 7.86. The Morgan fingerprint density at radius 1 is 1.70 bits per heavy atom. The fraction of sp³-hybridized carbons (Fsp3) is 0.833. The van der Waals surface area contributed by atoms with Crippen molar-refractivity contribution in [2.45, 2.75) is 31.3 Å².